The van der Waals surface area contributed by atoms with Crippen LogP contribution in [-0.4, -0.2) is 43.1 Å². The van der Waals surface area contributed by atoms with E-state index >= 15 is 0 Å². The van der Waals surface area contributed by atoms with Gasteiger partial charge in [0.1, 0.15) is 19.0 Å². The number of nitrogens with zero attached hydrogens (tertiary/aromatic N) is 1. The Bertz CT molecular complexity index is 955. The van der Waals surface area contributed by atoms with Crippen molar-refractivity contribution in [1.29, 1.82) is 0 Å². The second-order valence-corrected chi connectivity index (χ2v) is 9.14. The van der Waals surface area contributed by atoms with Crippen molar-refractivity contribution in [3.63, 3.8) is 0 Å². The molecule has 0 atom stereocenters. The number of likely N-dealkylation sites (tertiary alicyclic amines) is 1. The van der Waals surface area contributed by atoms with Crippen molar-refractivity contribution in [3.8, 4) is 5.75 Å². The molecule has 2 aliphatic heterocycles. The number of ether oxygens (including phenoxy) is 2. The quantitative estimate of drug-likeness (QED) is 0.600. The van der Waals surface area contributed by atoms with Crippen molar-refractivity contribution in [3.05, 3.63) is 64.7 Å². The van der Waals surface area contributed by atoms with Gasteiger partial charge in [-0.05, 0) is 68.7 Å². The van der Waals surface area contributed by atoms with Crippen LogP contribution in [0.5, 0.6) is 5.75 Å². The van der Waals surface area contributed by atoms with Crippen molar-refractivity contribution in [2.45, 2.75) is 52.4 Å². The van der Waals surface area contributed by atoms with Crippen LogP contribution in [0.1, 0.15) is 59.2 Å². The molecule has 0 radical (unpaired) electrons. The highest BCUT2D eigenvalue weighted by molar-refractivity contribution is 5.97. The number of carbonyl (C=O) groups excluding carboxylic acids is 2. The summed E-state index contributed by atoms with van der Waals surface area (Å²) in [6.07, 6.45) is 5.01. The van der Waals surface area contributed by atoms with Crippen molar-refractivity contribution in [2.24, 2.45) is 5.41 Å². The molecule has 1 saturated heterocycles. The lowest BCUT2D eigenvalue weighted by Crippen LogP contribution is -2.47. The minimum absolute atomic E-state index is 0.0713. The summed E-state index contributed by atoms with van der Waals surface area (Å²) in [6, 6.07) is 14.0. The van der Waals surface area contributed by atoms with Crippen molar-refractivity contribution >= 4 is 11.9 Å². The third-order valence-corrected chi connectivity index (χ3v) is 7.03. The number of fused-ring (bicyclic) bond motifs is 1. The molecule has 2 aliphatic rings. The molecule has 0 aromatic heterocycles. The van der Waals surface area contributed by atoms with Gasteiger partial charge in [0.2, 0.25) is 0 Å². The number of amides is 1. The highest BCUT2D eigenvalue weighted by Crippen LogP contribution is 2.39. The zero-order valence-corrected chi connectivity index (χ0v) is 19.2. The Morgan fingerprint density at radius 3 is 2.31 bits per heavy atom. The number of piperidine rings is 1. The monoisotopic (exact) mass is 435 g/mol. The topological polar surface area (TPSA) is 55.8 Å². The molecule has 5 nitrogen and oxygen atoms in total. The first kappa shape index (κ1) is 22.4. The van der Waals surface area contributed by atoms with E-state index in [-0.39, 0.29) is 18.5 Å². The van der Waals surface area contributed by atoms with Crippen molar-refractivity contribution in [2.75, 3.05) is 26.3 Å². The summed E-state index contributed by atoms with van der Waals surface area (Å²) in [5.41, 5.74) is 3.50. The molecule has 0 aliphatic carbocycles. The van der Waals surface area contributed by atoms with Gasteiger partial charge < -0.3 is 14.4 Å². The molecule has 1 amide bonds. The molecule has 0 unspecified atom stereocenters. The molecule has 2 aromatic rings. The van der Waals surface area contributed by atoms with Crippen LogP contribution in [0, 0.1) is 19.3 Å². The number of benzene rings is 2. The lowest BCUT2D eigenvalue weighted by molar-refractivity contribution is -0.160. The van der Waals surface area contributed by atoms with E-state index in [9.17, 15) is 9.59 Å². The van der Waals surface area contributed by atoms with Crippen LogP contribution in [0.25, 0.3) is 0 Å². The molecule has 0 saturated carbocycles. The summed E-state index contributed by atoms with van der Waals surface area (Å²) in [5.74, 6) is 0.827. The Balaban J connectivity index is 1.44. The summed E-state index contributed by atoms with van der Waals surface area (Å²) in [5, 5.41) is 0. The average Bonchev–Trinajstić information content (AvgIpc) is 2.79. The molecule has 1 spiro atoms. The Morgan fingerprint density at radius 2 is 1.56 bits per heavy atom. The fraction of sp³-hybridized carbons (Fsp3) is 0.481. The van der Waals surface area contributed by atoms with Gasteiger partial charge in [-0.1, -0.05) is 42.8 Å². The first-order chi connectivity index (χ1) is 15.5. The largest absolute Gasteiger partial charge is 0.490 e. The Morgan fingerprint density at radius 1 is 0.875 bits per heavy atom. The first-order valence-electron chi connectivity index (χ1n) is 11.7. The molecule has 170 valence electrons. The van der Waals surface area contributed by atoms with Gasteiger partial charge in [-0.3, -0.25) is 9.59 Å². The lowest BCUT2D eigenvalue weighted by atomic mass is 9.74. The molecule has 2 heterocycles. The third-order valence-electron chi connectivity index (χ3n) is 7.03. The minimum Gasteiger partial charge on any atom is -0.490 e. The summed E-state index contributed by atoms with van der Waals surface area (Å²) in [4.78, 5) is 28.2. The van der Waals surface area contributed by atoms with Crippen molar-refractivity contribution < 1.29 is 19.1 Å². The molecule has 1 fully saturated rings. The fourth-order valence-corrected chi connectivity index (χ4v) is 5.07. The zero-order valence-electron chi connectivity index (χ0n) is 19.2. The molecule has 4 rings (SSSR count). The molecular weight excluding hydrogens is 402 g/mol. The van der Waals surface area contributed by atoms with Gasteiger partial charge in [-0.25, -0.2) is 0 Å². The fourth-order valence-electron chi connectivity index (χ4n) is 5.07. The molecular formula is C27H33NO4. The number of hydrogen-bond donors (Lipinski definition) is 0. The normalized spacial score (nSPS) is 19.2. The van der Waals surface area contributed by atoms with E-state index < -0.39 is 5.41 Å². The van der Waals surface area contributed by atoms with E-state index in [1.165, 1.54) is 5.56 Å². The maximum absolute atomic E-state index is 13.2. The standard InChI is InChI=1S/C27H33NO4/c1-20-8-7-9-21(2)24(20)25(29)28-16-14-27(15-17-28)13-6-5-11-22-10-3-4-12-23(22)31-18-19-32-26(27)30/h3-4,7-10,12H,5-6,11,13-19H2,1-2H3. The van der Waals surface area contributed by atoms with Crippen LogP contribution in [0.2, 0.25) is 0 Å². The van der Waals surface area contributed by atoms with Crippen LogP contribution in [-0.2, 0) is 16.0 Å². The summed E-state index contributed by atoms with van der Waals surface area (Å²) >= 11 is 0. The second kappa shape index (κ2) is 9.76. The first-order valence-corrected chi connectivity index (χ1v) is 11.7. The van der Waals surface area contributed by atoms with Crippen LogP contribution < -0.4 is 4.74 Å². The smallest absolute Gasteiger partial charge is 0.312 e. The molecule has 5 heteroatoms. The van der Waals surface area contributed by atoms with Gasteiger partial charge in [-0.2, -0.15) is 0 Å². The van der Waals surface area contributed by atoms with E-state index in [0.29, 0.717) is 32.5 Å². The Hall–Kier alpha value is -2.82. The van der Waals surface area contributed by atoms with Crippen LogP contribution in [0.15, 0.2) is 42.5 Å². The summed E-state index contributed by atoms with van der Waals surface area (Å²) < 4.78 is 11.5. The second-order valence-electron chi connectivity index (χ2n) is 9.14. The Labute approximate surface area is 190 Å². The number of para-hydroxylation sites is 1. The maximum Gasteiger partial charge on any atom is 0.312 e. The number of rotatable bonds is 1. The van der Waals surface area contributed by atoms with Gasteiger partial charge in [-0.15, -0.1) is 0 Å². The van der Waals surface area contributed by atoms with Gasteiger partial charge in [0, 0.05) is 18.7 Å². The maximum atomic E-state index is 13.2. The van der Waals surface area contributed by atoms with Crippen LogP contribution in [0.3, 0.4) is 0 Å². The van der Waals surface area contributed by atoms with E-state index in [4.69, 9.17) is 9.47 Å². The number of carbonyl (C=O) groups is 2. The average molecular weight is 436 g/mol. The minimum atomic E-state index is -0.504. The number of cyclic esters (lactones) is 1. The molecule has 32 heavy (non-hydrogen) atoms. The lowest BCUT2D eigenvalue weighted by Gasteiger charge is -2.40. The predicted molar refractivity (Wildman–Crippen MR) is 124 cm³/mol. The third kappa shape index (κ3) is 4.67. The van der Waals surface area contributed by atoms with Gasteiger partial charge in [0.05, 0.1) is 5.41 Å². The zero-order chi connectivity index (χ0) is 22.6. The SMILES string of the molecule is Cc1cccc(C)c1C(=O)N1CCC2(CCCCc3ccccc3OCCOC2=O)CC1. The van der Waals surface area contributed by atoms with Crippen molar-refractivity contribution in [1.82, 2.24) is 4.90 Å². The highest BCUT2D eigenvalue weighted by atomic mass is 16.6. The molecule has 0 N–H and O–H groups in total. The molecule has 2 aromatic carbocycles. The summed E-state index contributed by atoms with van der Waals surface area (Å²) in [6.45, 7) is 5.74. The van der Waals surface area contributed by atoms with Gasteiger partial charge >= 0.3 is 5.97 Å². The summed E-state index contributed by atoms with van der Waals surface area (Å²) in [7, 11) is 0. The molecule has 0 bridgehead atoms. The number of aryl methyl sites for hydroxylation is 3. The predicted octanol–water partition coefficient (Wildman–Crippen LogP) is 4.87. The highest BCUT2D eigenvalue weighted by Gasteiger charge is 2.43. The van der Waals surface area contributed by atoms with E-state index in [0.717, 1.165) is 48.1 Å². The Kier molecular flexibility index (Phi) is 6.83. The van der Waals surface area contributed by atoms with Crippen LogP contribution in [0.4, 0.5) is 0 Å². The number of hydrogen-bond acceptors (Lipinski definition) is 4. The van der Waals surface area contributed by atoms with Gasteiger partial charge in [0.15, 0.2) is 0 Å². The van der Waals surface area contributed by atoms with Gasteiger partial charge in [0.25, 0.3) is 5.91 Å². The van der Waals surface area contributed by atoms with E-state index in [1.54, 1.807) is 0 Å². The number of esters is 1. The van der Waals surface area contributed by atoms with E-state index in [2.05, 4.69) is 6.07 Å². The van der Waals surface area contributed by atoms with E-state index in [1.807, 2.05) is 55.1 Å². The van der Waals surface area contributed by atoms with Crippen LogP contribution >= 0.6 is 0 Å².